The van der Waals surface area contributed by atoms with Gasteiger partial charge >= 0.3 is 0 Å². The average Bonchev–Trinajstić information content (AvgIpc) is 3.04. The van der Waals surface area contributed by atoms with Crippen molar-refractivity contribution in [3.63, 3.8) is 0 Å². The third-order valence-electron chi connectivity index (χ3n) is 4.25. The minimum atomic E-state index is -3.37. The molecule has 1 aromatic heterocycles. The first-order valence-corrected chi connectivity index (χ1v) is 10.8. The molecule has 1 atom stereocenters. The maximum absolute atomic E-state index is 12.8. The summed E-state index contributed by atoms with van der Waals surface area (Å²) in [7, 11) is -3.37. The van der Waals surface area contributed by atoms with Crippen LogP contribution in [0.15, 0.2) is 54.7 Å². The zero-order valence-corrected chi connectivity index (χ0v) is 16.8. The molecule has 9 heteroatoms. The number of carbonyl (C=O) groups excluding carboxylic acids is 2. The molecule has 0 aliphatic heterocycles. The van der Waals surface area contributed by atoms with Gasteiger partial charge in [-0.1, -0.05) is 18.2 Å². The molecule has 4 N–H and O–H groups in total. The van der Waals surface area contributed by atoms with Crippen LogP contribution in [-0.2, 0) is 26.0 Å². The van der Waals surface area contributed by atoms with E-state index in [1.807, 2.05) is 30.5 Å². The van der Waals surface area contributed by atoms with Crippen LogP contribution in [0.5, 0.6) is 0 Å². The molecule has 3 aromatic rings. The second-order valence-electron chi connectivity index (χ2n) is 6.76. The third kappa shape index (κ3) is 5.58. The van der Waals surface area contributed by atoms with E-state index < -0.39 is 16.1 Å². The Morgan fingerprint density at radius 3 is 2.34 bits per heavy atom. The largest absolute Gasteiger partial charge is 0.361 e. The van der Waals surface area contributed by atoms with Crippen LogP contribution >= 0.6 is 0 Å². The number of aromatic amines is 1. The minimum absolute atomic E-state index is 0.308. The van der Waals surface area contributed by atoms with Gasteiger partial charge in [0.15, 0.2) is 0 Å². The molecule has 0 saturated carbocycles. The molecule has 8 nitrogen and oxygen atoms in total. The molecule has 152 valence electrons. The van der Waals surface area contributed by atoms with Crippen molar-refractivity contribution in [2.75, 3.05) is 16.3 Å². The summed E-state index contributed by atoms with van der Waals surface area (Å²) in [4.78, 5) is 27.6. The van der Waals surface area contributed by atoms with Gasteiger partial charge in [0.1, 0.15) is 6.04 Å². The number of hydrogen-bond donors (Lipinski definition) is 4. The number of rotatable bonds is 7. The topological polar surface area (TPSA) is 120 Å². The predicted octanol–water partition coefficient (Wildman–Crippen LogP) is 2.23. The van der Waals surface area contributed by atoms with E-state index in [0.717, 1.165) is 22.7 Å². The molecular weight excluding hydrogens is 392 g/mol. The SMILES string of the molecule is CC(=O)NC(Cc1c[nH]c2ccccc12)C(=O)Nc1ccc(NS(C)(=O)=O)cc1. The molecule has 0 spiro atoms. The van der Waals surface area contributed by atoms with Gasteiger partial charge in [-0.15, -0.1) is 0 Å². The molecule has 1 heterocycles. The first kappa shape index (κ1) is 20.4. The fraction of sp³-hybridized carbons (Fsp3) is 0.200. The molecule has 0 bridgehead atoms. The summed E-state index contributed by atoms with van der Waals surface area (Å²) >= 11 is 0. The lowest BCUT2D eigenvalue weighted by atomic mass is 10.0. The Morgan fingerprint density at radius 2 is 1.69 bits per heavy atom. The molecule has 1 unspecified atom stereocenters. The lowest BCUT2D eigenvalue weighted by Gasteiger charge is -2.17. The lowest BCUT2D eigenvalue weighted by molar-refractivity contribution is -0.125. The highest BCUT2D eigenvalue weighted by atomic mass is 32.2. The lowest BCUT2D eigenvalue weighted by Crippen LogP contribution is -2.44. The molecule has 0 radical (unpaired) electrons. The second-order valence-corrected chi connectivity index (χ2v) is 8.51. The number of fused-ring (bicyclic) bond motifs is 1. The van der Waals surface area contributed by atoms with Crippen molar-refractivity contribution in [3.05, 3.63) is 60.3 Å². The van der Waals surface area contributed by atoms with Crippen molar-refractivity contribution in [1.29, 1.82) is 0 Å². The van der Waals surface area contributed by atoms with Crippen LogP contribution in [0.1, 0.15) is 12.5 Å². The number of anilines is 2. The summed E-state index contributed by atoms with van der Waals surface area (Å²) in [5.74, 6) is -0.674. The number of benzene rings is 2. The highest BCUT2D eigenvalue weighted by Gasteiger charge is 2.21. The third-order valence-corrected chi connectivity index (χ3v) is 4.86. The van der Waals surface area contributed by atoms with Gasteiger partial charge in [-0.3, -0.25) is 14.3 Å². The highest BCUT2D eigenvalue weighted by molar-refractivity contribution is 7.92. The van der Waals surface area contributed by atoms with Gasteiger partial charge in [0.25, 0.3) is 0 Å². The van der Waals surface area contributed by atoms with E-state index in [-0.39, 0.29) is 11.8 Å². The number of amides is 2. The van der Waals surface area contributed by atoms with Gasteiger partial charge in [-0.2, -0.15) is 0 Å². The number of aromatic nitrogens is 1. The summed E-state index contributed by atoms with van der Waals surface area (Å²) in [6.07, 6.45) is 3.22. The Bertz CT molecular complexity index is 1140. The van der Waals surface area contributed by atoms with Crippen molar-refractivity contribution in [2.24, 2.45) is 0 Å². The van der Waals surface area contributed by atoms with Gasteiger partial charge < -0.3 is 15.6 Å². The Labute approximate surface area is 168 Å². The van der Waals surface area contributed by atoms with Gasteiger partial charge in [-0.05, 0) is 35.9 Å². The number of nitrogens with one attached hydrogen (secondary N) is 4. The van der Waals surface area contributed by atoms with E-state index >= 15 is 0 Å². The van der Waals surface area contributed by atoms with Gasteiger partial charge in [0, 0.05) is 41.8 Å². The van der Waals surface area contributed by atoms with E-state index in [1.165, 1.54) is 6.92 Å². The van der Waals surface area contributed by atoms with Gasteiger partial charge in [-0.25, -0.2) is 8.42 Å². The van der Waals surface area contributed by atoms with E-state index in [0.29, 0.717) is 17.8 Å². The zero-order chi connectivity index (χ0) is 21.0. The maximum Gasteiger partial charge on any atom is 0.247 e. The summed E-state index contributed by atoms with van der Waals surface area (Å²) in [6, 6.07) is 13.2. The van der Waals surface area contributed by atoms with E-state index in [4.69, 9.17) is 0 Å². The highest BCUT2D eigenvalue weighted by Crippen LogP contribution is 2.20. The summed E-state index contributed by atoms with van der Waals surface area (Å²) in [5.41, 5.74) is 2.76. The normalized spacial score (nSPS) is 12.3. The number of sulfonamides is 1. The van der Waals surface area contributed by atoms with Crippen molar-refractivity contribution in [3.8, 4) is 0 Å². The van der Waals surface area contributed by atoms with Crippen LogP contribution < -0.4 is 15.4 Å². The number of carbonyl (C=O) groups is 2. The van der Waals surface area contributed by atoms with Crippen molar-refractivity contribution >= 4 is 44.1 Å². The Balaban J connectivity index is 1.74. The predicted molar refractivity (Wildman–Crippen MR) is 113 cm³/mol. The Morgan fingerprint density at radius 1 is 1.03 bits per heavy atom. The molecule has 0 aliphatic carbocycles. The van der Waals surface area contributed by atoms with E-state index in [2.05, 4.69) is 20.3 Å². The van der Waals surface area contributed by atoms with Crippen LogP contribution in [0.3, 0.4) is 0 Å². The van der Waals surface area contributed by atoms with Crippen LogP contribution in [0.25, 0.3) is 10.9 Å². The van der Waals surface area contributed by atoms with Gasteiger partial charge in [0.2, 0.25) is 21.8 Å². The maximum atomic E-state index is 12.8. The molecular formula is C20H22N4O4S. The fourth-order valence-electron chi connectivity index (χ4n) is 3.04. The van der Waals surface area contributed by atoms with E-state index in [9.17, 15) is 18.0 Å². The van der Waals surface area contributed by atoms with Gasteiger partial charge in [0.05, 0.1) is 6.26 Å². The smallest absolute Gasteiger partial charge is 0.247 e. The van der Waals surface area contributed by atoms with Crippen LogP contribution in [-0.4, -0.2) is 37.5 Å². The average molecular weight is 414 g/mol. The van der Waals surface area contributed by atoms with Crippen molar-refractivity contribution in [2.45, 2.75) is 19.4 Å². The Kier molecular flexibility index (Phi) is 5.88. The standard InChI is InChI=1S/C20H22N4O4S/c1-13(25)22-19(11-14-12-21-18-6-4-3-5-17(14)18)20(26)23-15-7-9-16(10-8-15)24-29(2,27)28/h3-10,12,19,21,24H,11H2,1-2H3,(H,22,25)(H,23,26). The summed E-state index contributed by atoms with van der Waals surface area (Å²) in [6.45, 7) is 1.36. The van der Waals surface area contributed by atoms with Crippen LogP contribution in [0.4, 0.5) is 11.4 Å². The molecule has 2 amide bonds. The second kappa shape index (κ2) is 8.36. The summed E-state index contributed by atoms with van der Waals surface area (Å²) in [5, 5.41) is 6.44. The molecule has 3 rings (SSSR count). The first-order chi connectivity index (χ1) is 13.7. The molecule has 0 fully saturated rings. The quantitative estimate of drug-likeness (QED) is 0.474. The fourth-order valence-corrected chi connectivity index (χ4v) is 3.60. The first-order valence-electron chi connectivity index (χ1n) is 8.92. The number of H-pyrrole nitrogens is 1. The van der Waals surface area contributed by atoms with E-state index in [1.54, 1.807) is 24.3 Å². The Hall–Kier alpha value is -3.33. The zero-order valence-electron chi connectivity index (χ0n) is 16.0. The minimum Gasteiger partial charge on any atom is -0.361 e. The van der Waals surface area contributed by atoms with Crippen LogP contribution in [0, 0.1) is 0 Å². The molecule has 29 heavy (non-hydrogen) atoms. The summed E-state index contributed by atoms with van der Waals surface area (Å²) < 4.78 is 24.9. The molecule has 0 saturated heterocycles. The number of para-hydroxylation sites is 1. The van der Waals surface area contributed by atoms with Crippen molar-refractivity contribution in [1.82, 2.24) is 10.3 Å². The molecule has 0 aliphatic rings. The monoisotopic (exact) mass is 414 g/mol. The van der Waals surface area contributed by atoms with Crippen LogP contribution in [0.2, 0.25) is 0 Å². The number of hydrogen-bond acceptors (Lipinski definition) is 4. The molecule has 2 aromatic carbocycles. The van der Waals surface area contributed by atoms with Crippen molar-refractivity contribution < 1.29 is 18.0 Å².